The molecule has 0 amide bonds. The number of fused-ring (bicyclic) bond motifs is 1. The third-order valence-electron chi connectivity index (χ3n) is 4.27. The van der Waals surface area contributed by atoms with Crippen LogP contribution in [0.2, 0.25) is 0 Å². The lowest BCUT2D eigenvalue weighted by atomic mass is 9.95. The highest BCUT2D eigenvalue weighted by Gasteiger charge is 2.17. The first kappa shape index (κ1) is 13.5. The summed E-state index contributed by atoms with van der Waals surface area (Å²) in [5.41, 5.74) is 0. The topological polar surface area (TPSA) is 42.7 Å². The Morgan fingerprint density at radius 1 is 1.22 bits per heavy atom. The summed E-state index contributed by atoms with van der Waals surface area (Å²) in [6.45, 7) is 8.77. The van der Waals surface area contributed by atoms with Crippen molar-refractivity contribution in [3.8, 4) is 0 Å². The quantitative estimate of drug-likeness (QED) is 0.843. The Labute approximate surface area is 110 Å². The average Bonchev–Trinajstić information content (AvgIpc) is 2.81. The minimum absolute atomic E-state index is 0.552. The Bertz CT molecular complexity index is 368. The summed E-state index contributed by atoms with van der Waals surface area (Å²) in [4.78, 5) is 0. The molecule has 0 fully saturated rings. The van der Waals surface area contributed by atoms with Crippen LogP contribution in [0.15, 0.2) is 0 Å². The molecule has 0 aliphatic carbocycles. The SMILES string of the molecule is CCC(CC)C(C)NCc1nnc2n1CCCC2. The average molecular weight is 250 g/mol. The van der Waals surface area contributed by atoms with E-state index in [1.54, 1.807) is 0 Å². The lowest BCUT2D eigenvalue weighted by molar-refractivity contribution is 0.347. The van der Waals surface area contributed by atoms with Crippen LogP contribution in [-0.4, -0.2) is 20.8 Å². The van der Waals surface area contributed by atoms with E-state index in [4.69, 9.17) is 0 Å². The van der Waals surface area contributed by atoms with Crippen molar-refractivity contribution in [2.45, 2.75) is 72.0 Å². The first-order valence-corrected chi connectivity index (χ1v) is 7.40. The lowest BCUT2D eigenvalue weighted by Gasteiger charge is -2.23. The molecule has 0 bridgehead atoms. The summed E-state index contributed by atoms with van der Waals surface area (Å²) < 4.78 is 2.30. The van der Waals surface area contributed by atoms with Gasteiger partial charge < -0.3 is 9.88 Å². The monoisotopic (exact) mass is 250 g/mol. The van der Waals surface area contributed by atoms with E-state index < -0.39 is 0 Å². The first-order chi connectivity index (χ1) is 8.76. The summed E-state index contributed by atoms with van der Waals surface area (Å²) in [5, 5.41) is 12.2. The molecule has 0 spiro atoms. The minimum atomic E-state index is 0.552. The largest absolute Gasteiger partial charge is 0.314 e. The molecule has 1 unspecified atom stereocenters. The zero-order valence-corrected chi connectivity index (χ0v) is 11.9. The molecule has 1 N–H and O–H groups in total. The molecule has 1 aliphatic heterocycles. The van der Waals surface area contributed by atoms with Crippen molar-refractivity contribution < 1.29 is 0 Å². The normalized spacial score (nSPS) is 16.9. The fourth-order valence-corrected chi connectivity index (χ4v) is 2.91. The predicted octanol–water partition coefficient (Wildman–Crippen LogP) is 2.53. The number of nitrogens with one attached hydrogen (secondary N) is 1. The summed E-state index contributed by atoms with van der Waals surface area (Å²) in [7, 11) is 0. The highest BCUT2D eigenvalue weighted by atomic mass is 15.3. The first-order valence-electron chi connectivity index (χ1n) is 7.40. The van der Waals surface area contributed by atoms with E-state index in [1.165, 1.54) is 31.5 Å². The van der Waals surface area contributed by atoms with Gasteiger partial charge in [-0.2, -0.15) is 0 Å². The van der Waals surface area contributed by atoms with Crippen LogP contribution in [0.25, 0.3) is 0 Å². The predicted molar refractivity (Wildman–Crippen MR) is 73.3 cm³/mol. The van der Waals surface area contributed by atoms with Gasteiger partial charge in [0.05, 0.1) is 6.54 Å². The Hall–Kier alpha value is -0.900. The number of hydrogen-bond donors (Lipinski definition) is 1. The molecule has 18 heavy (non-hydrogen) atoms. The van der Waals surface area contributed by atoms with Crippen LogP contribution in [0.4, 0.5) is 0 Å². The molecule has 4 nitrogen and oxygen atoms in total. The van der Waals surface area contributed by atoms with Gasteiger partial charge >= 0.3 is 0 Å². The van der Waals surface area contributed by atoms with Crippen LogP contribution < -0.4 is 5.32 Å². The molecular weight excluding hydrogens is 224 g/mol. The zero-order chi connectivity index (χ0) is 13.0. The van der Waals surface area contributed by atoms with Crippen LogP contribution in [0.3, 0.4) is 0 Å². The molecule has 4 heteroatoms. The second-order valence-corrected chi connectivity index (χ2v) is 5.39. The Kier molecular flexibility index (Phi) is 4.75. The van der Waals surface area contributed by atoms with Gasteiger partial charge in [-0.25, -0.2) is 0 Å². The number of nitrogens with zero attached hydrogens (tertiary/aromatic N) is 3. The Morgan fingerprint density at radius 2 is 2.00 bits per heavy atom. The number of rotatable bonds is 6. The summed E-state index contributed by atoms with van der Waals surface area (Å²) in [6, 6.07) is 0.552. The maximum Gasteiger partial charge on any atom is 0.147 e. The van der Waals surface area contributed by atoms with E-state index in [-0.39, 0.29) is 0 Å². The van der Waals surface area contributed by atoms with Gasteiger partial charge in [0, 0.05) is 19.0 Å². The van der Waals surface area contributed by atoms with E-state index in [0.29, 0.717) is 6.04 Å². The summed E-state index contributed by atoms with van der Waals surface area (Å²) in [5.74, 6) is 3.05. The van der Waals surface area contributed by atoms with Gasteiger partial charge in [0.1, 0.15) is 11.6 Å². The third-order valence-corrected chi connectivity index (χ3v) is 4.27. The number of aromatic nitrogens is 3. The van der Waals surface area contributed by atoms with E-state index in [9.17, 15) is 0 Å². The van der Waals surface area contributed by atoms with Crippen LogP contribution in [0.1, 0.15) is 58.1 Å². The second kappa shape index (κ2) is 6.32. The van der Waals surface area contributed by atoms with Crippen molar-refractivity contribution >= 4 is 0 Å². The van der Waals surface area contributed by atoms with E-state index >= 15 is 0 Å². The van der Waals surface area contributed by atoms with E-state index in [0.717, 1.165) is 31.3 Å². The smallest absolute Gasteiger partial charge is 0.147 e. The molecule has 1 aromatic heterocycles. The standard InChI is InChI=1S/C14H26N4/c1-4-12(5-2)11(3)15-10-14-17-16-13-8-6-7-9-18(13)14/h11-12,15H,4-10H2,1-3H3. The van der Waals surface area contributed by atoms with Gasteiger partial charge in [0.15, 0.2) is 0 Å². The van der Waals surface area contributed by atoms with Gasteiger partial charge in [-0.1, -0.05) is 26.7 Å². The van der Waals surface area contributed by atoms with Crippen LogP contribution >= 0.6 is 0 Å². The molecule has 0 saturated carbocycles. The third kappa shape index (κ3) is 2.91. The van der Waals surface area contributed by atoms with Gasteiger partial charge in [0.25, 0.3) is 0 Å². The molecule has 2 heterocycles. The van der Waals surface area contributed by atoms with Gasteiger partial charge in [-0.15, -0.1) is 10.2 Å². The van der Waals surface area contributed by atoms with Crippen LogP contribution in [0.5, 0.6) is 0 Å². The van der Waals surface area contributed by atoms with Crippen molar-refractivity contribution in [3.63, 3.8) is 0 Å². The second-order valence-electron chi connectivity index (χ2n) is 5.39. The number of aryl methyl sites for hydroxylation is 1. The Morgan fingerprint density at radius 3 is 2.72 bits per heavy atom. The van der Waals surface area contributed by atoms with Crippen LogP contribution in [-0.2, 0) is 19.5 Å². The molecule has 0 aromatic carbocycles. The molecule has 0 radical (unpaired) electrons. The molecule has 1 aliphatic rings. The lowest BCUT2D eigenvalue weighted by Crippen LogP contribution is -2.33. The minimum Gasteiger partial charge on any atom is -0.314 e. The van der Waals surface area contributed by atoms with Crippen molar-refractivity contribution in [2.24, 2.45) is 5.92 Å². The van der Waals surface area contributed by atoms with E-state index in [1.807, 2.05) is 0 Å². The van der Waals surface area contributed by atoms with Crippen molar-refractivity contribution in [1.82, 2.24) is 20.1 Å². The van der Waals surface area contributed by atoms with Crippen molar-refractivity contribution in [1.29, 1.82) is 0 Å². The van der Waals surface area contributed by atoms with E-state index in [2.05, 4.69) is 40.9 Å². The Balaban J connectivity index is 1.92. The molecule has 1 atom stereocenters. The molecule has 102 valence electrons. The maximum absolute atomic E-state index is 4.33. The molecule has 2 rings (SSSR count). The highest BCUT2D eigenvalue weighted by Crippen LogP contribution is 2.16. The molecule has 1 aromatic rings. The number of hydrogen-bond acceptors (Lipinski definition) is 3. The summed E-state index contributed by atoms with van der Waals surface area (Å²) in [6.07, 6.45) is 6.09. The van der Waals surface area contributed by atoms with Crippen molar-refractivity contribution in [3.05, 3.63) is 11.6 Å². The van der Waals surface area contributed by atoms with Crippen LogP contribution in [0, 0.1) is 5.92 Å². The van der Waals surface area contributed by atoms with Gasteiger partial charge in [0.2, 0.25) is 0 Å². The van der Waals surface area contributed by atoms with Crippen molar-refractivity contribution in [2.75, 3.05) is 0 Å². The summed E-state index contributed by atoms with van der Waals surface area (Å²) >= 11 is 0. The molecule has 0 saturated heterocycles. The van der Waals surface area contributed by atoms with Gasteiger partial charge in [-0.05, 0) is 25.7 Å². The fraction of sp³-hybridized carbons (Fsp3) is 0.857. The zero-order valence-electron chi connectivity index (χ0n) is 11.9. The van der Waals surface area contributed by atoms with Gasteiger partial charge in [-0.3, -0.25) is 0 Å². The maximum atomic E-state index is 4.33. The fourth-order valence-electron chi connectivity index (χ4n) is 2.91. The highest BCUT2D eigenvalue weighted by molar-refractivity contribution is 4.98. The molecular formula is C14H26N4.